The fourth-order valence-electron chi connectivity index (χ4n) is 1.09. The van der Waals surface area contributed by atoms with Crippen LogP contribution < -0.4 is 0 Å². The molecule has 0 aromatic rings. The van der Waals surface area contributed by atoms with Gasteiger partial charge >= 0.3 is 5.97 Å². The Balaban J connectivity index is 3.67. The Morgan fingerprint density at radius 2 is 1.83 bits per heavy atom. The highest BCUT2D eigenvalue weighted by atomic mass is 16.5. The van der Waals surface area contributed by atoms with E-state index in [1.807, 2.05) is 6.92 Å². The monoisotopic (exact) mass is 172 g/mol. The van der Waals surface area contributed by atoms with Crippen molar-refractivity contribution < 1.29 is 9.53 Å². The van der Waals surface area contributed by atoms with E-state index in [9.17, 15) is 4.79 Å². The summed E-state index contributed by atoms with van der Waals surface area (Å²) in [5, 5.41) is 0. The van der Waals surface area contributed by atoms with Crippen molar-refractivity contribution in [3.05, 3.63) is 0 Å². The highest BCUT2D eigenvalue weighted by Crippen LogP contribution is 2.18. The van der Waals surface area contributed by atoms with Crippen LogP contribution >= 0.6 is 0 Å². The lowest BCUT2D eigenvalue weighted by atomic mass is 9.91. The summed E-state index contributed by atoms with van der Waals surface area (Å²) in [4.78, 5) is 11.1. The number of ether oxygens (including phenoxy) is 1. The Morgan fingerprint density at radius 1 is 1.25 bits per heavy atom. The van der Waals surface area contributed by atoms with Crippen LogP contribution in [0.25, 0.3) is 0 Å². The van der Waals surface area contributed by atoms with E-state index in [0.717, 1.165) is 6.42 Å². The zero-order valence-electron chi connectivity index (χ0n) is 8.59. The van der Waals surface area contributed by atoms with Gasteiger partial charge in [0.1, 0.15) is 0 Å². The van der Waals surface area contributed by atoms with Gasteiger partial charge in [0.25, 0.3) is 0 Å². The van der Waals surface area contributed by atoms with Gasteiger partial charge in [-0.1, -0.05) is 27.2 Å². The average molecular weight is 172 g/mol. The zero-order chi connectivity index (χ0) is 9.56. The lowest BCUT2D eigenvalue weighted by Gasteiger charge is -2.16. The second-order valence-electron chi connectivity index (χ2n) is 3.37. The number of carbonyl (C=O) groups is 1. The molecule has 0 aromatic carbocycles. The van der Waals surface area contributed by atoms with Gasteiger partial charge in [0.2, 0.25) is 0 Å². The number of esters is 1. The van der Waals surface area contributed by atoms with Crippen molar-refractivity contribution in [2.24, 2.45) is 11.8 Å². The molecule has 0 amide bonds. The fraction of sp³-hybridized carbons (Fsp3) is 0.900. The van der Waals surface area contributed by atoms with E-state index in [0.29, 0.717) is 24.9 Å². The first kappa shape index (κ1) is 11.5. The van der Waals surface area contributed by atoms with E-state index in [-0.39, 0.29) is 5.97 Å². The summed E-state index contributed by atoms with van der Waals surface area (Å²) in [6, 6.07) is 0. The van der Waals surface area contributed by atoms with Crippen molar-refractivity contribution in [2.45, 2.75) is 40.5 Å². The maximum atomic E-state index is 11.1. The Kier molecular flexibility index (Phi) is 5.77. The number of hydrogen-bond acceptors (Lipinski definition) is 2. The molecular formula is C10H20O2. The molecule has 2 heteroatoms. The number of hydrogen-bond donors (Lipinski definition) is 0. The summed E-state index contributed by atoms with van der Waals surface area (Å²) >= 11 is 0. The Labute approximate surface area is 75.3 Å². The standard InChI is InChI=1S/C10H20O2/c1-5-8(3)9(4)7-10(11)12-6-2/h8-9H,5-7H2,1-4H3. The molecule has 0 aliphatic carbocycles. The summed E-state index contributed by atoms with van der Waals surface area (Å²) in [6.45, 7) is 8.75. The topological polar surface area (TPSA) is 26.3 Å². The Hall–Kier alpha value is -0.530. The van der Waals surface area contributed by atoms with E-state index >= 15 is 0 Å². The highest BCUT2D eigenvalue weighted by Gasteiger charge is 2.14. The van der Waals surface area contributed by atoms with E-state index in [1.54, 1.807) is 0 Å². The normalized spacial score (nSPS) is 15.3. The maximum Gasteiger partial charge on any atom is 0.306 e. The Morgan fingerprint density at radius 3 is 2.25 bits per heavy atom. The van der Waals surface area contributed by atoms with E-state index in [4.69, 9.17) is 4.74 Å². The summed E-state index contributed by atoms with van der Waals surface area (Å²) in [6.07, 6.45) is 1.68. The van der Waals surface area contributed by atoms with Crippen molar-refractivity contribution in [3.63, 3.8) is 0 Å². The summed E-state index contributed by atoms with van der Waals surface area (Å²) in [5.74, 6) is 0.980. The second-order valence-corrected chi connectivity index (χ2v) is 3.37. The van der Waals surface area contributed by atoms with Crippen molar-refractivity contribution in [2.75, 3.05) is 6.61 Å². The molecule has 0 heterocycles. The number of carbonyl (C=O) groups excluding carboxylic acids is 1. The molecule has 0 saturated heterocycles. The molecule has 0 radical (unpaired) electrons. The molecule has 0 aliphatic heterocycles. The lowest BCUT2D eigenvalue weighted by Crippen LogP contribution is -2.14. The minimum atomic E-state index is -0.0645. The van der Waals surface area contributed by atoms with Crippen LogP contribution in [0.3, 0.4) is 0 Å². The van der Waals surface area contributed by atoms with Crippen molar-refractivity contribution in [3.8, 4) is 0 Å². The van der Waals surface area contributed by atoms with Crippen LogP contribution in [0.5, 0.6) is 0 Å². The van der Waals surface area contributed by atoms with Crippen LogP contribution in [0.1, 0.15) is 40.5 Å². The summed E-state index contributed by atoms with van der Waals surface area (Å²) in [7, 11) is 0. The molecule has 12 heavy (non-hydrogen) atoms. The van der Waals surface area contributed by atoms with E-state index in [1.165, 1.54) is 0 Å². The molecular weight excluding hydrogens is 152 g/mol. The van der Waals surface area contributed by atoms with Gasteiger partial charge in [-0.2, -0.15) is 0 Å². The van der Waals surface area contributed by atoms with Gasteiger partial charge in [-0.15, -0.1) is 0 Å². The third-order valence-corrected chi connectivity index (χ3v) is 2.41. The molecule has 72 valence electrons. The quantitative estimate of drug-likeness (QED) is 0.596. The average Bonchev–Trinajstić information content (AvgIpc) is 2.03. The fourth-order valence-corrected chi connectivity index (χ4v) is 1.09. The van der Waals surface area contributed by atoms with Crippen LogP contribution in [-0.2, 0) is 9.53 Å². The van der Waals surface area contributed by atoms with Crippen molar-refractivity contribution >= 4 is 5.97 Å². The minimum absolute atomic E-state index is 0.0645. The molecule has 0 fully saturated rings. The third-order valence-electron chi connectivity index (χ3n) is 2.41. The molecule has 2 atom stereocenters. The van der Waals surface area contributed by atoms with Gasteiger partial charge in [-0.05, 0) is 18.8 Å². The predicted octanol–water partition coefficient (Wildman–Crippen LogP) is 2.62. The van der Waals surface area contributed by atoms with Crippen LogP contribution in [0.15, 0.2) is 0 Å². The molecule has 2 nitrogen and oxygen atoms in total. The largest absolute Gasteiger partial charge is 0.466 e. The highest BCUT2D eigenvalue weighted by molar-refractivity contribution is 5.69. The van der Waals surface area contributed by atoms with Crippen LogP contribution in [0.2, 0.25) is 0 Å². The first-order chi connectivity index (χ1) is 5.61. The molecule has 2 unspecified atom stereocenters. The first-order valence-electron chi connectivity index (χ1n) is 4.77. The smallest absolute Gasteiger partial charge is 0.306 e. The van der Waals surface area contributed by atoms with Gasteiger partial charge < -0.3 is 4.74 Å². The third kappa shape index (κ3) is 4.37. The molecule has 0 spiro atoms. The molecule has 0 rings (SSSR count). The Bertz CT molecular complexity index is 132. The van der Waals surface area contributed by atoms with Gasteiger partial charge in [0.05, 0.1) is 6.61 Å². The van der Waals surface area contributed by atoms with Crippen LogP contribution in [0, 0.1) is 11.8 Å². The van der Waals surface area contributed by atoms with Gasteiger partial charge in [0, 0.05) is 6.42 Å². The van der Waals surface area contributed by atoms with Gasteiger partial charge in [-0.3, -0.25) is 4.79 Å². The molecule has 0 saturated carbocycles. The molecule has 0 N–H and O–H groups in total. The van der Waals surface area contributed by atoms with E-state index < -0.39 is 0 Å². The first-order valence-corrected chi connectivity index (χ1v) is 4.77. The SMILES string of the molecule is CCOC(=O)CC(C)C(C)CC. The zero-order valence-corrected chi connectivity index (χ0v) is 8.59. The molecule has 0 aliphatic rings. The number of rotatable bonds is 5. The second kappa shape index (κ2) is 6.04. The summed E-state index contributed by atoms with van der Waals surface area (Å²) < 4.78 is 4.87. The molecule has 0 aromatic heterocycles. The van der Waals surface area contributed by atoms with Crippen LogP contribution in [0.4, 0.5) is 0 Å². The van der Waals surface area contributed by atoms with Crippen molar-refractivity contribution in [1.82, 2.24) is 0 Å². The van der Waals surface area contributed by atoms with Crippen molar-refractivity contribution in [1.29, 1.82) is 0 Å². The predicted molar refractivity (Wildman–Crippen MR) is 49.9 cm³/mol. The van der Waals surface area contributed by atoms with Gasteiger partial charge in [-0.25, -0.2) is 0 Å². The molecule has 0 bridgehead atoms. The maximum absolute atomic E-state index is 11.1. The minimum Gasteiger partial charge on any atom is -0.466 e. The van der Waals surface area contributed by atoms with E-state index in [2.05, 4.69) is 20.8 Å². The summed E-state index contributed by atoms with van der Waals surface area (Å²) in [5.41, 5.74) is 0. The lowest BCUT2D eigenvalue weighted by molar-refractivity contribution is -0.144. The van der Waals surface area contributed by atoms with Crippen LogP contribution in [-0.4, -0.2) is 12.6 Å². The van der Waals surface area contributed by atoms with Gasteiger partial charge in [0.15, 0.2) is 0 Å².